The van der Waals surface area contributed by atoms with Crippen molar-refractivity contribution in [3.8, 4) is 11.3 Å². The number of fused-ring (bicyclic) bond motifs is 3. The highest BCUT2D eigenvalue weighted by Gasteiger charge is 2.47. The number of benzene rings is 1. The minimum Gasteiger partial charge on any atom is -0.450 e. The van der Waals surface area contributed by atoms with Crippen LogP contribution in [0.4, 0.5) is 9.59 Å². The van der Waals surface area contributed by atoms with E-state index in [0.717, 1.165) is 47.2 Å². The van der Waals surface area contributed by atoms with Gasteiger partial charge in [-0.25, -0.2) is 14.9 Å². The molecule has 2 aliphatic heterocycles. The molecule has 2 aromatic heterocycles. The quantitative estimate of drug-likeness (QED) is 0.707. The van der Waals surface area contributed by atoms with Gasteiger partial charge in [-0.3, -0.25) is 9.67 Å². The lowest BCUT2D eigenvalue weighted by Gasteiger charge is -2.23. The van der Waals surface area contributed by atoms with Crippen LogP contribution in [0.3, 0.4) is 0 Å². The minimum absolute atomic E-state index is 0.123. The maximum atomic E-state index is 12.4. The van der Waals surface area contributed by atoms with Crippen LogP contribution in [0.1, 0.15) is 25.5 Å². The zero-order valence-corrected chi connectivity index (χ0v) is 16.8. The Morgan fingerprint density at radius 1 is 1.20 bits per heavy atom. The zero-order chi connectivity index (χ0) is 20.7. The zero-order valence-electron chi connectivity index (χ0n) is 16.8. The van der Waals surface area contributed by atoms with Gasteiger partial charge in [0.05, 0.1) is 17.8 Å². The van der Waals surface area contributed by atoms with Crippen LogP contribution < -0.4 is 5.32 Å². The summed E-state index contributed by atoms with van der Waals surface area (Å²) >= 11 is 0. The number of amides is 3. The fraction of sp³-hybridized carbons (Fsp3) is 0.364. The van der Waals surface area contributed by atoms with Crippen LogP contribution in [-0.4, -0.2) is 51.5 Å². The standard InChI is InChI=1S/C22H23N5O3/c1-2-30-21(29)24-20(28)26-9-7-22(14-26)8-10-27-19(22)12-18(25-27)16-11-15-5-3-4-6-17(15)23-13-16/h3-6,11-13H,2,7-10,14H2,1H3,(H,24,28,29). The van der Waals surface area contributed by atoms with Gasteiger partial charge in [-0.15, -0.1) is 0 Å². The summed E-state index contributed by atoms with van der Waals surface area (Å²) in [6, 6.07) is 11.9. The van der Waals surface area contributed by atoms with Crippen molar-refractivity contribution in [3.05, 3.63) is 48.3 Å². The van der Waals surface area contributed by atoms with Gasteiger partial charge in [-0.1, -0.05) is 18.2 Å². The lowest BCUT2D eigenvalue weighted by Crippen LogP contribution is -2.43. The SMILES string of the molecule is CCOC(=O)NC(=O)N1CCC2(CCn3nc(-c4cnc5ccccc5c4)cc32)C1. The highest BCUT2D eigenvalue weighted by atomic mass is 16.5. The molecule has 0 aliphatic carbocycles. The summed E-state index contributed by atoms with van der Waals surface area (Å²) in [5.41, 5.74) is 3.87. The molecule has 2 aliphatic rings. The number of hydrogen-bond donors (Lipinski definition) is 1. The normalized spacial score (nSPS) is 20.0. The lowest BCUT2D eigenvalue weighted by molar-refractivity contribution is 0.148. The molecule has 0 radical (unpaired) electrons. The summed E-state index contributed by atoms with van der Waals surface area (Å²) in [4.78, 5) is 30.2. The molecule has 1 N–H and O–H groups in total. The number of nitrogens with one attached hydrogen (secondary N) is 1. The average Bonchev–Trinajstić information content (AvgIpc) is 3.45. The summed E-state index contributed by atoms with van der Waals surface area (Å²) in [6.45, 7) is 3.93. The van der Waals surface area contributed by atoms with Crippen LogP contribution in [0.2, 0.25) is 0 Å². The van der Waals surface area contributed by atoms with E-state index in [1.165, 1.54) is 0 Å². The number of likely N-dealkylation sites (tertiary alicyclic amines) is 1. The van der Waals surface area contributed by atoms with Crippen molar-refractivity contribution < 1.29 is 14.3 Å². The maximum Gasteiger partial charge on any atom is 0.415 e. The van der Waals surface area contributed by atoms with Crippen LogP contribution in [-0.2, 0) is 16.7 Å². The van der Waals surface area contributed by atoms with Crippen molar-refractivity contribution in [2.24, 2.45) is 0 Å². The lowest BCUT2D eigenvalue weighted by atomic mass is 9.82. The average molecular weight is 405 g/mol. The summed E-state index contributed by atoms with van der Waals surface area (Å²) in [5, 5.41) is 8.19. The van der Waals surface area contributed by atoms with Crippen LogP contribution >= 0.6 is 0 Å². The fourth-order valence-electron chi connectivity index (χ4n) is 4.61. The Morgan fingerprint density at radius 3 is 2.90 bits per heavy atom. The molecule has 3 amide bonds. The van der Waals surface area contributed by atoms with Crippen molar-refractivity contribution in [1.82, 2.24) is 25.0 Å². The first-order chi connectivity index (χ1) is 14.6. The summed E-state index contributed by atoms with van der Waals surface area (Å²) in [6.07, 6.45) is 2.95. The van der Waals surface area contributed by atoms with Gasteiger partial charge in [0.25, 0.3) is 0 Å². The Hall–Kier alpha value is -3.42. The number of hydrogen-bond acceptors (Lipinski definition) is 5. The van der Waals surface area contributed by atoms with Crippen LogP contribution in [0.25, 0.3) is 22.2 Å². The molecule has 0 saturated carbocycles. The molecular weight excluding hydrogens is 382 g/mol. The Kier molecular flexibility index (Phi) is 4.42. The molecule has 1 atom stereocenters. The first-order valence-electron chi connectivity index (χ1n) is 10.2. The first-order valence-corrected chi connectivity index (χ1v) is 10.2. The molecule has 30 heavy (non-hydrogen) atoms. The number of nitrogens with zero attached hydrogens (tertiary/aromatic N) is 4. The predicted octanol–water partition coefficient (Wildman–Crippen LogP) is 3.31. The topological polar surface area (TPSA) is 89.4 Å². The van der Waals surface area contributed by atoms with E-state index in [4.69, 9.17) is 9.84 Å². The van der Waals surface area contributed by atoms with E-state index in [0.29, 0.717) is 13.1 Å². The molecule has 1 spiro atoms. The molecule has 4 heterocycles. The largest absolute Gasteiger partial charge is 0.450 e. The van der Waals surface area contributed by atoms with Crippen molar-refractivity contribution in [1.29, 1.82) is 0 Å². The Morgan fingerprint density at radius 2 is 2.03 bits per heavy atom. The van der Waals surface area contributed by atoms with E-state index in [-0.39, 0.29) is 12.0 Å². The number of aromatic nitrogens is 3. The van der Waals surface area contributed by atoms with E-state index < -0.39 is 12.1 Å². The summed E-state index contributed by atoms with van der Waals surface area (Å²) in [5.74, 6) is 0. The van der Waals surface area contributed by atoms with Gasteiger partial charge in [-0.2, -0.15) is 5.10 Å². The summed E-state index contributed by atoms with van der Waals surface area (Å²) < 4.78 is 6.86. The monoisotopic (exact) mass is 405 g/mol. The maximum absolute atomic E-state index is 12.4. The van der Waals surface area contributed by atoms with Gasteiger partial charge in [0.15, 0.2) is 0 Å². The van der Waals surface area contributed by atoms with Gasteiger partial charge < -0.3 is 9.64 Å². The second-order valence-electron chi connectivity index (χ2n) is 7.91. The number of ether oxygens (including phenoxy) is 1. The molecular formula is C22H23N5O3. The molecule has 0 bridgehead atoms. The number of rotatable bonds is 2. The molecule has 8 heteroatoms. The number of para-hydroxylation sites is 1. The van der Waals surface area contributed by atoms with Gasteiger partial charge >= 0.3 is 12.1 Å². The van der Waals surface area contributed by atoms with Gasteiger partial charge in [0.2, 0.25) is 0 Å². The van der Waals surface area contributed by atoms with E-state index in [9.17, 15) is 9.59 Å². The number of imide groups is 1. The first kappa shape index (κ1) is 18.6. The number of urea groups is 1. The van der Waals surface area contributed by atoms with E-state index in [1.54, 1.807) is 11.8 Å². The highest BCUT2D eigenvalue weighted by Crippen LogP contribution is 2.43. The van der Waals surface area contributed by atoms with E-state index in [1.807, 2.05) is 30.5 Å². The van der Waals surface area contributed by atoms with Crippen molar-refractivity contribution in [3.63, 3.8) is 0 Å². The molecule has 8 nitrogen and oxygen atoms in total. The van der Waals surface area contributed by atoms with Gasteiger partial charge in [0, 0.05) is 47.9 Å². The Labute approximate surface area is 173 Å². The third-order valence-electron chi connectivity index (χ3n) is 6.14. The molecule has 1 fully saturated rings. The van der Waals surface area contributed by atoms with Crippen molar-refractivity contribution >= 4 is 23.0 Å². The number of aryl methyl sites for hydroxylation is 1. The number of carbonyl (C=O) groups excluding carboxylic acids is 2. The van der Waals surface area contributed by atoms with Crippen LogP contribution in [0.15, 0.2) is 42.6 Å². The molecule has 1 saturated heterocycles. The Bertz CT molecular complexity index is 1140. The molecule has 1 unspecified atom stereocenters. The van der Waals surface area contributed by atoms with Crippen LogP contribution in [0.5, 0.6) is 0 Å². The molecule has 3 aromatic rings. The predicted molar refractivity (Wildman–Crippen MR) is 111 cm³/mol. The van der Waals surface area contributed by atoms with E-state index in [2.05, 4.69) is 27.1 Å². The number of pyridine rings is 1. The van der Waals surface area contributed by atoms with Crippen molar-refractivity contribution in [2.45, 2.75) is 31.7 Å². The summed E-state index contributed by atoms with van der Waals surface area (Å²) in [7, 11) is 0. The van der Waals surface area contributed by atoms with Gasteiger partial charge in [-0.05, 0) is 38.0 Å². The number of alkyl carbamates (subject to hydrolysis) is 1. The Balaban J connectivity index is 1.38. The third kappa shape index (κ3) is 3.08. The third-order valence-corrected chi connectivity index (χ3v) is 6.14. The minimum atomic E-state index is -0.703. The molecule has 5 rings (SSSR count). The molecule has 1 aromatic carbocycles. The van der Waals surface area contributed by atoms with Gasteiger partial charge in [0.1, 0.15) is 0 Å². The van der Waals surface area contributed by atoms with Crippen molar-refractivity contribution in [2.75, 3.05) is 19.7 Å². The smallest absolute Gasteiger partial charge is 0.415 e. The van der Waals surface area contributed by atoms with Crippen LogP contribution in [0, 0.1) is 0 Å². The fourth-order valence-corrected chi connectivity index (χ4v) is 4.61. The number of carbonyl (C=O) groups is 2. The highest BCUT2D eigenvalue weighted by molar-refractivity contribution is 5.91. The van der Waals surface area contributed by atoms with E-state index >= 15 is 0 Å². The molecule has 154 valence electrons. The second kappa shape index (κ2) is 7.12. The second-order valence-corrected chi connectivity index (χ2v) is 7.91.